The summed E-state index contributed by atoms with van der Waals surface area (Å²) in [6.45, 7) is 4.74. The van der Waals surface area contributed by atoms with Crippen LogP contribution in [0.5, 0.6) is 0 Å². The second kappa shape index (κ2) is 6.72. The number of halogens is 2. The van der Waals surface area contributed by atoms with Gasteiger partial charge in [-0.1, -0.05) is 84.2 Å². The number of hydrogen-bond donors (Lipinski definition) is 0. The number of allylic oxidation sites excluding steroid dienone is 2. The van der Waals surface area contributed by atoms with Crippen molar-refractivity contribution in [2.24, 2.45) is 0 Å². The van der Waals surface area contributed by atoms with Crippen molar-refractivity contribution < 1.29 is 26.2 Å². The molecule has 2 aliphatic rings. The molecule has 24 heavy (non-hydrogen) atoms. The van der Waals surface area contributed by atoms with E-state index in [1.165, 1.54) is 32.6 Å². The van der Waals surface area contributed by atoms with Crippen LogP contribution in [0.2, 0.25) is 13.1 Å². The van der Waals surface area contributed by atoms with Crippen LogP contribution in [0.3, 0.4) is 0 Å². The van der Waals surface area contributed by atoms with Crippen LogP contribution in [0.1, 0.15) is 33.0 Å². The average molecular weight is 449 g/mol. The van der Waals surface area contributed by atoms with Crippen LogP contribution in [-0.4, -0.2) is 8.07 Å². The molecule has 0 aromatic heterocycles. The molecule has 2 aromatic rings. The van der Waals surface area contributed by atoms with Crippen molar-refractivity contribution in [3.05, 3.63) is 81.2 Å². The van der Waals surface area contributed by atoms with E-state index in [1.54, 1.807) is 0 Å². The Balaban J connectivity index is 0.00000169. The number of rotatable bonds is 2. The summed E-state index contributed by atoms with van der Waals surface area (Å²) in [5.41, 5.74) is 4.97. The molecule has 120 valence electrons. The minimum Gasteiger partial charge on any atom is -0.113 e. The second-order valence-electron chi connectivity index (χ2n) is 6.81. The Labute approximate surface area is 173 Å². The van der Waals surface area contributed by atoms with E-state index in [1.807, 2.05) is 0 Å². The van der Waals surface area contributed by atoms with Crippen molar-refractivity contribution in [1.82, 2.24) is 0 Å². The first-order valence-electron chi connectivity index (χ1n) is 7.90. The van der Waals surface area contributed by atoms with Crippen molar-refractivity contribution in [3.8, 4) is 0 Å². The Morgan fingerprint density at radius 1 is 0.708 bits per heavy atom. The van der Waals surface area contributed by atoms with Gasteiger partial charge in [-0.15, -0.1) is 23.2 Å². The molecular formula is C20H18Cl2SiZr. The van der Waals surface area contributed by atoms with Gasteiger partial charge in [-0.3, -0.25) is 0 Å². The van der Waals surface area contributed by atoms with Gasteiger partial charge in [0.1, 0.15) is 8.07 Å². The van der Waals surface area contributed by atoms with E-state index >= 15 is 0 Å². The molecule has 0 amide bonds. The van der Waals surface area contributed by atoms with E-state index in [0.717, 1.165) is 0 Å². The summed E-state index contributed by atoms with van der Waals surface area (Å²) in [5.74, 6) is 0. The fraction of sp³-hybridized carbons (Fsp3) is 0.200. The van der Waals surface area contributed by atoms with Crippen molar-refractivity contribution in [2.45, 2.75) is 23.8 Å². The second-order valence-corrected chi connectivity index (χ2v) is 12.1. The van der Waals surface area contributed by atoms with Gasteiger partial charge < -0.3 is 0 Å². The van der Waals surface area contributed by atoms with Gasteiger partial charge >= 0.3 is 0 Å². The van der Waals surface area contributed by atoms with E-state index in [0.29, 0.717) is 0 Å². The normalized spacial score (nSPS) is 21.5. The molecule has 0 fully saturated rings. The molecule has 0 spiro atoms. The Kier molecular flexibility index (Phi) is 5.15. The molecule has 2 aromatic carbocycles. The van der Waals surface area contributed by atoms with Crippen LogP contribution >= 0.6 is 23.2 Å². The first-order valence-corrected chi connectivity index (χ1v) is 11.8. The molecule has 4 rings (SSSR count). The van der Waals surface area contributed by atoms with Crippen LogP contribution in [0, 0.1) is 0 Å². The number of alkyl halides is 2. The smallest absolute Gasteiger partial charge is 0.107 e. The molecule has 0 N–H and O–H groups in total. The molecule has 0 bridgehead atoms. The van der Waals surface area contributed by atoms with Crippen molar-refractivity contribution in [3.63, 3.8) is 0 Å². The predicted molar refractivity (Wildman–Crippen MR) is 104 cm³/mol. The molecule has 0 saturated carbocycles. The molecule has 2 aliphatic carbocycles. The van der Waals surface area contributed by atoms with E-state index in [2.05, 4.69) is 73.8 Å². The Bertz CT molecular complexity index is 785. The van der Waals surface area contributed by atoms with Crippen molar-refractivity contribution in [2.75, 3.05) is 0 Å². The fourth-order valence-electron chi connectivity index (χ4n) is 3.72. The third-order valence-electron chi connectivity index (χ3n) is 5.15. The van der Waals surface area contributed by atoms with E-state index < -0.39 is 8.07 Å². The van der Waals surface area contributed by atoms with Gasteiger partial charge in [-0.05, 0) is 22.3 Å². The van der Waals surface area contributed by atoms with Crippen LogP contribution < -0.4 is 0 Å². The van der Waals surface area contributed by atoms with Crippen molar-refractivity contribution >= 4 is 43.4 Å². The topological polar surface area (TPSA) is 0 Å². The first-order chi connectivity index (χ1) is 11.0. The minimum atomic E-state index is -1.90. The number of fused-ring (bicyclic) bond motifs is 2. The van der Waals surface area contributed by atoms with Crippen molar-refractivity contribution in [1.29, 1.82) is 0 Å². The van der Waals surface area contributed by atoms with Gasteiger partial charge in [0.15, 0.2) is 0 Å². The summed E-state index contributed by atoms with van der Waals surface area (Å²) in [5, 5.41) is 2.68. The van der Waals surface area contributed by atoms with Gasteiger partial charge in [0.25, 0.3) is 0 Å². The van der Waals surface area contributed by atoms with Crippen LogP contribution in [0.4, 0.5) is 0 Å². The molecule has 0 heterocycles. The Morgan fingerprint density at radius 2 is 1.08 bits per heavy atom. The molecule has 0 nitrogen and oxygen atoms in total. The summed E-state index contributed by atoms with van der Waals surface area (Å²) < 4.78 is 0. The zero-order chi connectivity index (χ0) is 16.2. The monoisotopic (exact) mass is 446 g/mol. The fourth-order valence-corrected chi connectivity index (χ4v) is 8.83. The summed E-state index contributed by atoms with van der Waals surface area (Å²) in [6, 6.07) is 16.9. The number of benzene rings is 2. The SMILES string of the molecule is C[Si](C)(C1=Cc2ccccc2C1Cl)C1=Cc2ccccc2C1Cl.[Zr]. The number of hydrogen-bond acceptors (Lipinski definition) is 0. The third-order valence-corrected chi connectivity index (χ3v) is 10.2. The summed E-state index contributed by atoms with van der Waals surface area (Å²) in [6.07, 6.45) is 4.60. The average Bonchev–Trinajstić information content (AvgIpc) is 3.07. The summed E-state index contributed by atoms with van der Waals surface area (Å²) >= 11 is 13.7. The van der Waals surface area contributed by atoms with Crippen LogP contribution in [0.15, 0.2) is 58.9 Å². The van der Waals surface area contributed by atoms with E-state index in [4.69, 9.17) is 23.2 Å². The zero-order valence-electron chi connectivity index (χ0n) is 13.7. The van der Waals surface area contributed by atoms with Gasteiger partial charge in [0, 0.05) is 26.2 Å². The van der Waals surface area contributed by atoms with Gasteiger partial charge in [0.2, 0.25) is 0 Å². The van der Waals surface area contributed by atoms with Gasteiger partial charge in [-0.25, -0.2) is 0 Å². The van der Waals surface area contributed by atoms with E-state index in [9.17, 15) is 0 Å². The Hall–Kier alpha value is -0.400. The largest absolute Gasteiger partial charge is 0.113 e. The van der Waals surface area contributed by atoms with Crippen LogP contribution in [0.25, 0.3) is 12.2 Å². The van der Waals surface area contributed by atoms with Gasteiger partial charge in [0.05, 0.1) is 10.8 Å². The quantitative estimate of drug-likeness (QED) is 0.362. The molecule has 2 unspecified atom stereocenters. The van der Waals surface area contributed by atoms with E-state index in [-0.39, 0.29) is 37.0 Å². The molecule has 0 radical (unpaired) electrons. The molecule has 0 saturated heterocycles. The molecule has 0 aliphatic heterocycles. The molecular weight excluding hydrogens is 430 g/mol. The zero-order valence-corrected chi connectivity index (χ0v) is 18.7. The minimum absolute atomic E-state index is 0. The Morgan fingerprint density at radius 3 is 1.46 bits per heavy atom. The summed E-state index contributed by atoms with van der Waals surface area (Å²) in [7, 11) is -1.90. The maximum Gasteiger partial charge on any atom is 0.107 e. The summed E-state index contributed by atoms with van der Waals surface area (Å²) in [4.78, 5) is 0. The standard InChI is InChI=1S/C20H18Cl2Si.Zr/c1-23(2,17-11-13-7-3-5-9-15(13)19(17)21)18-12-14-8-4-6-10-16(14)20(18)22;/h3-12,19-20H,1-2H3;. The maximum atomic E-state index is 6.83. The third kappa shape index (κ3) is 2.76. The predicted octanol–water partition coefficient (Wildman–Crippen LogP) is 6.52. The first kappa shape index (κ1) is 18.4. The van der Waals surface area contributed by atoms with Gasteiger partial charge in [-0.2, -0.15) is 0 Å². The van der Waals surface area contributed by atoms with Crippen LogP contribution in [-0.2, 0) is 26.2 Å². The molecule has 2 atom stereocenters. The maximum absolute atomic E-state index is 6.83. The molecule has 4 heteroatoms.